The first-order valence-electron chi connectivity index (χ1n) is 8.69. The number of pyridine rings is 2. The number of benzene rings is 2. The molecule has 0 spiro atoms. The molecular formula is C23H18N2O2. The molecule has 0 fully saturated rings. The van der Waals surface area contributed by atoms with Crippen molar-refractivity contribution in [3.63, 3.8) is 0 Å². The molecule has 0 saturated heterocycles. The predicted octanol–water partition coefficient (Wildman–Crippen LogP) is 5.23. The van der Waals surface area contributed by atoms with E-state index in [-0.39, 0.29) is 6.79 Å². The standard InChI is InChI=1S/C23H18N2O2/c1-3-9-18(10-4-1)20-13-7-15-22(24-20)26-17-27-23-16-8-14-21(25-23)19-11-5-2-6-12-19/h1-16H,17H2. The van der Waals surface area contributed by atoms with Crippen molar-refractivity contribution in [3.05, 3.63) is 97.1 Å². The van der Waals surface area contributed by atoms with Gasteiger partial charge >= 0.3 is 0 Å². The van der Waals surface area contributed by atoms with Crippen LogP contribution in [0.25, 0.3) is 22.5 Å². The van der Waals surface area contributed by atoms with Gasteiger partial charge in [0, 0.05) is 23.3 Å². The molecule has 0 radical (unpaired) electrons. The summed E-state index contributed by atoms with van der Waals surface area (Å²) in [6, 6.07) is 31.3. The Labute approximate surface area is 158 Å². The van der Waals surface area contributed by atoms with Crippen LogP contribution >= 0.6 is 0 Å². The van der Waals surface area contributed by atoms with Gasteiger partial charge in [-0.3, -0.25) is 0 Å². The first kappa shape index (κ1) is 16.8. The fourth-order valence-electron chi connectivity index (χ4n) is 2.68. The van der Waals surface area contributed by atoms with Crippen LogP contribution in [0.2, 0.25) is 0 Å². The third kappa shape index (κ3) is 4.30. The number of rotatable bonds is 6. The monoisotopic (exact) mass is 354 g/mol. The Balaban J connectivity index is 1.41. The Kier molecular flexibility index (Phi) is 5.07. The molecule has 0 unspecified atom stereocenters. The van der Waals surface area contributed by atoms with Gasteiger partial charge in [0.25, 0.3) is 0 Å². The molecule has 2 aromatic heterocycles. The lowest BCUT2D eigenvalue weighted by molar-refractivity contribution is 0.111. The average Bonchev–Trinajstić information content (AvgIpc) is 2.75. The van der Waals surface area contributed by atoms with Gasteiger partial charge in [-0.1, -0.05) is 72.8 Å². The molecule has 0 N–H and O–H groups in total. The molecule has 0 aliphatic carbocycles. The lowest BCUT2D eigenvalue weighted by Crippen LogP contribution is -2.08. The SMILES string of the molecule is c1ccc(-c2cccc(OCOc3cccc(-c4ccccc4)n3)n2)cc1. The summed E-state index contributed by atoms with van der Waals surface area (Å²) in [5.74, 6) is 1.02. The van der Waals surface area contributed by atoms with Gasteiger partial charge in [-0.05, 0) is 12.1 Å². The van der Waals surface area contributed by atoms with Gasteiger partial charge in [-0.15, -0.1) is 0 Å². The summed E-state index contributed by atoms with van der Waals surface area (Å²) in [7, 11) is 0. The molecule has 4 rings (SSSR count). The Hall–Kier alpha value is -3.66. The number of aromatic nitrogens is 2. The molecule has 2 aromatic carbocycles. The molecule has 0 atom stereocenters. The van der Waals surface area contributed by atoms with Crippen molar-refractivity contribution in [3.8, 4) is 34.3 Å². The molecular weight excluding hydrogens is 336 g/mol. The van der Waals surface area contributed by atoms with E-state index in [1.807, 2.05) is 97.1 Å². The van der Waals surface area contributed by atoms with E-state index in [0.717, 1.165) is 22.5 Å². The van der Waals surface area contributed by atoms with Gasteiger partial charge in [0.1, 0.15) is 0 Å². The van der Waals surface area contributed by atoms with Crippen LogP contribution in [0.5, 0.6) is 11.8 Å². The summed E-state index contributed by atoms with van der Waals surface area (Å²) >= 11 is 0. The van der Waals surface area contributed by atoms with E-state index >= 15 is 0 Å². The molecule has 4 nitrogen and oxygen atoms in total. The van der Waals surface area contributed by atoms with E-state index < -0.39 is 0 Å². The zero-order valence-corrected chi connectivity index (χ0v) is 14.7. The van der Waals surface area contributed by atoms with E-state index in [1.165, 1.54) is 0 Å². The summed E-state index contributed by atoms with van der Waals surface area (Å²) in [5, 5.41) is 0. The molecule has 27 heavy (non-hydrogen) atoms. The normalized spacial score (nSPS) is 10.4. The van der Waals surface area contributed by atoms with Crippen molar-refractivity contribution < 1.29 is 9.47 Å². The van der Waals surface area contributed by atoms with Gasteiger partial charge in [-0.2, -0.15) is 0 Å². The first-order chi connectivity index (χ1) is 13.4. The lowest BCUT2D eigenvalue weighted by Gasteiger charge is -2.09. The fraction of sp³-hybridized carbons (Fsp3) is 0.0435. The fourth-order valence-corrected chi connectivity index (χ4v) is 2.68. The molecule has 0 amide bonds. The van der Waals surface area contributed by atoms with Crippen LogP contribution in [0.1, 0.15) is 0 Å². The Bertz CT molecular complexity index is 922. The predicted molar refractivity (Wildman–Crippen MR) is 105 cm³/mol. The van der Waals surface area contributed by atoms with Crippen LogP contribution in [0.4, 0.5) is 0 Å². The summed E-state index contributed by atoms with van der Waals surface area (Å²) in [4.78, 5) is 9.03. The Morgan fingerprint density at radius 1 is 0.481 bits per heavy atom. The Morgan fingerprint density at radius 2 is 0.926 bits per heavy atom. The van der Waals surface area contributed by atoms with Gasteiger partial charge < -0.3 is 9.47 Å². The second-order valence-electron chi connectivity index (χ2n) is 5.86. The summed E-state index contributed by atoms with van der Waals surface area (Å²) < 4.78 is 11.3. The van der Waals surface area contributed by atoms with E-state index in [9.17, 15) is 0 Å². The maximum absolute atomic E-state index is 5.64. The van der Waals surface area contributed by atoms with Crippen molar-refractivity contribution >= 4 is 0 Å². The van der Waals surface area contributed by atoms with Crippen LogP contribution < -0.4 is 9.47 Å². The third-order valence-corrected chi connectivity index (χ3v) is 4.00. The van der Waals surface area contributed by atoms with Crippen LogP contribution in [0.3, 0.4) is 0 Å². The van der Waals surface area contributed by atoms with Gasteiger partial charge in [0.2, 0.25) is 18.6 Å². The average molecular weight is 354 g/mol. The van der Waals surface area contributed by atoms with Crippen LogP contribution in [0.15, 0.2) is 97.1 Å². The molecule has 2 heterocycles. The quantitative estimate of drug-likeness (QED) is 0.445. The van der Waals surface area contributed by atoms with Crippen molar-refractivity contribution in [1.82, 2.24) is 9.97 Å². The molecule has 4 aromatic rings. The maximum atomic E-state index is 5.64. The van der Waals surface area contributed by atoms with Crippen molar-refractivity contribution in [2.45, 2.75) is 0 Å². The minimum Gasteiger partial charge on any atom is -0.440 e. The van der Waals surface area contributed by atoms with E-state index in [1.54, 1.807) is 0 Å². The molecule has 0 aliphatic rings. The molecule has 0 saturated carbocycles. The number of ether oxygens (including phenoxy) is 2. The summed E-state index contributed by atoms with van der Waals surface area (Å²) in [6.45, 7) is 0.0382. The van der Waals surface area contributed by atoms with Crippen LogP contribution in [0, 0.1) is 0 Å². The van der Waals surface area contributed by atoms with Crippen molar-refractivity contribution in [2.75, 3.05) is 6.79 Å². The largest absolute Gasteiger partial charge is 0.440 e. The van der Waals surface area contributed by atoms with Crippen LogP contribution in [-0.4, -0.2) is 16.8 Å². The Morgan fingerprint density at radius 3 is 1.37 bits per heavy atom. The number of hydrogen-bond acceptors (Lipinski definition) is 4. The second kappa shape index (κ2) is 8.15. The molecule has 0 bridgehead atoms. The van der Waals surface area contributed by atoms with E-state index in [2.05, 4.69) is 9.97 Å². The van der Waals surface area contributed by atoms with Gasteiger partial charge in [-0.25, -0.2) is 9.97 Å². The molecule has 4 heteroatoms. The lowest BCUT2D eigenvalue weighted by atomic mass is 10.1. The maximum Gasteiger partial charge on any atom is 0.234 e. The third-order valence-electron chi connectivity index (χ3n) is 4.00. The van der Waals surface area contributed by atoms with Crippen molar-refractivity contribution in [2.24, 2.45) is 0 Å². The summed E-state index contributed by atoms with van der Waals surface area (Å²) in [6.07, 6.45) is 0. The number of hydrogen-bond donors (Lipinski definition) is 0. The minimum atomic E-state index is 0.0382. The topological polar surface area (TPSA) is 44.2 Å². The zero-order valence-electron chi connectivity index (χ0n) is 14.7. The van der Waals surface area contributed by atoms with Crippen LogP contribution in [-0.2, 0) is 0 Å². The van der Waals surface area contributed by atoms with Gasteiger partial charge in [0.05, 0.1) is 11.4 Å². The highest BCUT2D eigenvalue weighted by molar-refractivity contribution is 5.60. The summed E-state index contributed by atoms with van der Waals surface area (Å²) in [5.41, 5.74) is 3.80. The molecule has 0 aliphatic heterocycles. The highest BCUT2D eigenvalue weighted by Gasteiger charge is 2.04. The zero-order chi connectivity index (χ0) is 18.3. The minimum absolute atomic E-state index is 0.0382. The number of nitrogens with zero attached hydrogens (tertiary/aromatic N) is 2. The molecule has 132 valence electrons. The second-order valence-corrected chi connectivity index (χ2v) is 5.86. The van der Waals surface area contributed by atoms with E-state index in [4.69, 9.17) is 9.47 Å². The smallest absolute Gasteiger partial charge is 0.234 e. The van der Waals surface area contributed by atoms with E-state index in [0.29, 0.717) is 11.8 Å². The van der Waals surface area contributed by atoms with Crippen molar-refractivity contribution in [1.29, 1.82) is 0 Å². The van der Waals surface area contributed by atoms with Gasteiger partial charge in [0.15, 0.2) is 0 Å². The highest BCUT2D eigenvalue weighted by atomic mass is 16.7. The highest BCUT2D eigenvalue weighted by Crippen LogP contribution is 2.21. The first-order valence-corrected chi connectivity index (χ1v) is 8.69.